The maximum absolute atomic E-state index is 11.9. The van der Waals surface area contributed by atoms with Gasteiger partial charge < -0.3 is 0 Å². The molecule has 0 saturated carbocycles. The van der Waals surface area contributed by atoms with Crippen molar-refractivity contribution in [1.29, 1.82) is 0 Å². The number of nitrogens with zero attached hydrogens (tertiary/aromatic N) is 3. The van der Waals surface area contributed by atoms with Crippen molar-refractivity contribution in [2.45, 2.75) is 17.7 Å². The maximum Gasteiger partial charge on any atom is 0.212 e. The Morgan fingerprint density at radius 3 is 3.36 bits per heavy atom. The third-order valence-electron chi connectivity index (χ3n) is 2.35. The summed E-state index contributed by atoms with van der Waals surface area (Å²) >= 11 is 4.94. The summed E-state index contributed by atoms with van der Waals surface area (Å²) in [4.78, 5) is 17.8. The van der Waals surface area contributed by atoms with Crippen LogP contribution in [0.5, 0.6) is 0 Å². The van der Waals surface area contributed by atoms with Gasteiger partial charge in [-0.05, 0) is 12.8 Å². The molecule has 1 atom stereocenters. The summed E-state index contributed by atoms with van der Waals surface area (Å²) in [5.74, 6) is 0.128. The number of thiazole rings is 1. The van der Waals surface area contributed by atoms with Crippen LogP contribution in [0.3, 0.4) is 0 Å². The average molecular weight is 272 g/mol. The molecule has 1 aliphatic rings. The second kappa shape index (κ2) is 2.87. The molecular formula is C8H6BrN3OS. The number of halogens is 1. The van der Waals surface area contributed by atoms with E-state index < -0.39 is 0 Å². The third kappa shape index (κ3) is 1.01. The second-order valence-electron chi connectivity index (χ2n) is 3.20. The fourth-order valence-electron chi connectivity index (χ4n) is 1.68. The predicted molar refractivity (Wildman–Crippen MR) is 56.2 cm³/mol. The Labute approximate surface area is 92.1 Å². The summed E-state index contributed by atoms with van der Waals surface area (Å²) in [6, 6.07) is 0. The number of alkyl halides is 1. The molecule has 0 N–H and O–H groups in total. The zero-order chi connectivity index (χ0) is 9.71. The van der Waals surface area contributed by atoms with Crippen LogP contribution >= 0.6 is 27.3 Å². The smallest absolute Gasteiger partial charge is 0.212 e. The molecule has 0 aromatic carbocycles. The van der Waals surface area contributed by atoms with Crippen LogP contribution < -0.4 is 0 Å². The Morgan fingerprint density at radius 1 is 1.64 bits per heavy atom. The van der Waals surface area contributed by atoms with Crippen molar-refractivity contribution in [3.63, 3.8) is 0 Å². The predicted octanol–water partition coefficient (Wildman–Crippen LogP) is 1.68. The standard InChI is InChI=1S/C8H6BrN3OS/c9-4-1-2-5-6(7(4)13)12-8(14-5)10-3-11-12/h3-4H,1-2H2. The molecule has 14 heavy (non-hydrogen) atoms. The van der Waals surface area contributed by atoms with E-state index in [9.17, 15) is 4.79 Å². The van der Waals surface area contributed by atoms with E-state index in [0.29, 0.717) is 0 Å². The molecule has 0 saturated heterocycles. The lowest BCUT2D eigenvalue weighted by molar-refractivity contribution is 0.0975. The highest BCUT2D eigenvalue weighted by atomic mass is 79.9. The lowest BCUT2D eigenvalue weighted by Crippen LogP contribution is -2.23. The fourth-order valence-corrected chi connectivity index (χ4v) is 3.17. The Kier molecular flexibility index (Phi) is 1.75. The summed E-state index contributed by atoms with van der Waals surface area (Å²) in [5.41, 5.74) is 0.718. The summed E-state index contributed by atoms with van der Waals surface area (Å²) < 4.78 is 1.65. The van der Waals surface area contributed by atoms with Crippen molar-refractivity contribution >= 4 is 38.0 Å². The van der Waals surface area contributed by atoms with Crippen LogP contribution in [0, 0.1) is 0 Å². The largest absolute Gasteiger partial charge is 0.291 e. The number of carbonyl (C=O) groups is 1. The van der Waals surface area contributed by atoms with E-state index in [1.54, 1.807) is 15.9 Å². The molecule has 0 radical (unpaired) electrons. The first-order valence-corrected chi connectivity index (χ1v) is 6.00. The Hall–Kier alpha value is -0.750. The molecule has 3 rings (SSSR count). The molecule has 2 heterocycles. The number of fused-ring (bicyclic) bond motifs is 3. The number of aromatic nitrogens is 3. The van der Waals surface area contributed by atoms with Crippen LogP contribution in [-0.2, 0) is 6.42 Å². The van der Waals surface area contributed by atoms with E-state index in [-0.39, 0.29) is 10.6 Å². The first kappa shape index (κ1) is 8.55. The molecule has 0 amide bonds. The van der Waals surface area contributed by atoms with Crippen LogP contribution in [-0.4, -0.2) is 25.2 Å². The quantitative estimate of drug-likeness (QED) is 0.685. The molecule has 2 aromatic heterocycles. The summed E-state index contributed by atoms with van der Waals surface area (Å²) in [6.45, 7) is 0. The van der Waals surface area contributed by atoms with Crippen molar-refractivity contribution in [3.05, 3.63) is 16.9 Å². The summed E-state index contributed by atoms with van der Waals surface area (Å²) in [7, 11) is 0. The van der Waals surface area contributed by atoms with Gasteiger partial charge >= 0.3 is 0 Å². The van der Waals surface area contributed by atoms with E-state index in [1.807, 2.05) is 0 Å². The molecule has 4 nitrogen and oxygen atoms in total. The van der Waals surface area contributed by atoms with Gasteiger partial charge in [0.15, 0.2) is 5.78 Å². The zero-order valence-corrected chi connectivity index (χ0v) is 9.51. The first-order chi connectivity index (χ1) is 6.77. The second-order valence-corrected chi connectivity index (χ2v) is 5.37. The van der Waals surface area contributed by atoms with Crippen molar-refractivity contribution in [2.75, 3.05) is 0 Å². The Bertz CT molecular complexity index is 518. The van der Waals surface area contributed by atoms with E-state index in [1.165, 1.54) is 6.33 Å². The minimum atomic E-state index is -0.0583. The molecular weight excluding hydrogens is 266 g/mol. The van der Waals surface area contributed by atoms with Gasteiger partial charge in [0.05, 0.1) is 4.83 Å². The van der Waals surface area contributed by atoms with Gasteiger partial charge in [-0.1, -0.05) is 27.3 Å². The van der Waals surface area contributed by atoms with Crippen LogP contribution in [0.2, 0.25) is 0 Å². The Balaban J connectivity index is 2.33. The number of hydrogen-bond donors (Lipinski definition) is 0. The maximum atomic E-state index is 11.9. The molecule has 72 valence electrons. The monoisotopic (exact) mass is 271 g/mol. The van der Waals surface area contributed by atoms with Crippen LogP contribution in [0.15, 0.2) is 6.33 Å². The number of aryl methyl sites for hydroxylation is 1. The van der Waals surface area contributed by atoms with Crippen LogP contribution in [0.25, 0.3) is 4.96 Å². The number of Topliss-reactive ketones (excluding diaryl/α,β-unsaturated/α-hetero) is 1. The highest BCUT2D eigenvalue weighted by Gasteiger charge is 2.30. The van der Waals surface area contributed by atoms with E-state index >= 15 is 0 Å². The van der Waals surface area contributed by atoms with E-state index in [2.05, 4.69) is 26.0 Å². The molecule has 0 spiro atoms. The van der Waals surface area contributed by atoms with Gasteiger partial charge in [0.25, 0.3) is 0 Å². The molecule has 0 aliphatic heterocycles. The molecule has 0 fully saturated rings. The molecule has 2 aromatic rings. The van der Waals surface area contributed by atoms with Gasteiger partial charge in [-0.15, -0.1) is 0 Å². The average Bonchev–Trinajstić information content (AvgIpc) is 2.70. The lowest BCUT2D eigenvalue weighted by Gasteiger charge is -2.14. The fraction of sp³-hybridized carbons (Fsp3) is 0.375. The van der Waals surface area contributed by atoms with Gasteiger partial charge in [0.1, 0.15) is 12.0 Å². The van der Waals surface area contributed by atoms with Crippen LogP contribution in [0.4, 0.5) is 0 Å². The molecule has 0 bridgehead atoms. The van der Waals surface area contributed by atoms with Gasteiger partial charge in [-0.25, -0.2) is 4.98 Å². The van der Waals surface area contributed by atoms with Gasteiger partial charge in [-0.3, -0.25) is 4.79 Å². The Morgan fingerprint density at radius 2 is 2.50 bits per heavy atom. The van der Waals surface area contributed by atoms with Gasteiger partial charge in [0.2, 0.25) is 4.96 Å². The normalized spacial score (nSPS) is 21.5. The van der Waals surface area contributed by atoms with E-state index in [0.717, 1.165) is 28.4 Å². The molecule has 1 unspecified atom stereocenters. The van der Waals surface area contributed by atoms with Gasteiger partial charge in [-0.2, -0.15) is 9.61 Å². The van der Waals surface area contributed by atoms with Crippen molar-refractivity contribution < 1.29 is 4.79 Å². The minimum Gasteiger partial charge on any atom is -0.291 e. The number of hydrogen-bond acceptors (Lipinski definition) is 4. The van der Waals surface area contributed by atoms with Crippen molar-refractivity contribution in [1.82, 2.24) is 14.6 Å². The number of rotatable bonds is 0. The lowest BCUT2D eigenvalue weighted by atomic mass is 10.0. The summed E-state index contributed by atoms with van der Waals surface area (Å²) in [5, 5.41) is 4.05. The van der Waals surface area contributed by atoms with Crippen molar-refractivity contribution in [3.8, 4) is 0 Å². The van der Waals surface area contributed by atoms with Gasteiger partial charge in [0, 0.05) is 4.88 Å². The van der Waals surface area contributed by atoms with Crippen molar-refractivity contribution in [2.24, 2.45) is 0 Å². The molecule has 1 aliphatic carbocycles. The number of ketones is 1. The number of carbonyl (C=O) groups excluding carboxylic acids is 1. The highest BCUT2D eigenvalue weighted by Crippen LogP contribution is 2.31. The zero-order valence-electron chi connectivity index (χ0n) is 7.11. The highest BCUT2D eigenvalue weighted by molar-refractivity contribution is 9.10. The molecule has 6 heteroatoms. The van der Waals surface area contributed by atoms with Crippen LogP contribution in [0.1, 0.15) is 21.8 Å². The van der Waals surface area contributed by atoms with E-state index in [4.69, 9.17) is 0 Å². The minimum absolute atomic E-state index is 0.0583. The third-order valence-corrected chi connectivity index (χ3v) is 4.33. The SMILES string of the molecule is O=C1c2c(sc3ncnn23)CCC1Br. The summed E-state index contributed by atoms with van der Waals surface area (Å²) in [6.07, 6.45) is 3.29. The first-order valence-electron chi connectivity index (χ1n) is 4.27. The topological polar surface area (TPSA) is 47.3 Å².